The molecule has 23 heavy (non-hydrogen) atoms. The van der Waals surface area contributed by atoms with Crippen molar-refractivity contribution >= 4 is 0 Å². The molecule has 2 aromatic rings. The van der Waals surface area contributed by atoms with E-state index in [1.54, 1.807) is 0 Å². The number of aromatic nitrogens is 3. The monoisotopic (exact) mass is 317 g/mol. The zero-order valence-corrected chi connectivity index (χ0v) is 13.7. The maximum atomic E-state index is 5.34. The first-order chi connectivity index (χ1) is 11.2. The lowest BCUT2D eigenvalue weighted by atomic mass is 10.2. The minimum absolute atomic E-state index is 0.519. The number of likely N-dealkylation sites (N-methyl/N-ethyl adjacent to an activating group) is 1. The summed E-state index contributed by atoms with van der Waals surface area (Å²) in [7, 11) is 2.14. The third-order valence-electron chi connectivity index (χ3n) is 4.73. The molecule has 0 aromatic carbocycles. The maximum Gasteiger partial charge on any atom is 0.229 e. The molecule has 1 saturated carbocycles. The van der Waals surface area contributed by atoms with Gasteiger partial charge >= 0.3 is 0 Å². The zero-order chi connectivity index (χ0) is 15.8. The summed E-state index contributed by atoms with van der Waals surface area (Å²) in [5.41, 5.74) is 1.01. The minimum Gasteiger partial charge on any atom is -0.361 e. The third-order valence-corrected chi connectivity index (χ3v) is 4.73. The third kappa shape index (κ3) is 3.45. The van der Waals surface area contributed by atoms with Gasteiger partial charge in [-0.25, -0.2) is 0 Å². The number of aryl methyl sites for hydroxylation is 1. The highest BCUT2D eigenvalue weighted by Crippen LogP contribution is 2.38. The summed E-state index contributed by atoms with van der Waals surface area (Å²) in [6.07, 6.45) is 3.54. The second-order valence-electron chi connectivity index (χ2n) is 6.84. The standard InChI is InChI=1S/C16H23N5O2/c1-11-7-13(18-22-11)8-21-6-5-14(9-21)20(2)10-15-17-16(23-19-15)12-3-4-12/h7,12,14H,3-6,8-10H2,1-2H3/t14-/m1/s1. The van der Waals surface area contributed by atoms with Gasteiger partial charge in [-0.05, 0) is 33.2 Å². The predicted molar refractivity (Wildman–Crippen MR) is 82.7 cm³/mol. The summed E-state index contributed by atoms with van der Waals surface area (Å²) < 4.78 is 10.5. The van der Waals surface area contributed by atoms with Gasteiger partial charge in [0.1, 0.15) is 5.76 Å². The van der Waals surface area contributed by atoms with Crippen LogP contribution in [0.4, 0.5) is 0 Å². The van der Waals surface area contributed by atoms with Gasteiger partial charge in [-0.15, -0.1) is 0 Å². The molecule has 0 bridgehead atoms. The van der Waals surface area contributed by atoms with Gasteiger partial charge in [-0.3, -0.25) is 9.80 Å². The van der Waals surface area contributed by atoms with E-state index < -0.39 is 0 Å². The summed E-state index contributed by atoms with van der Waals surface area (Å²) in [4.78, 5) is 9.27. The Bertz CT molecular complexity index is 663. The van der Waals surface area contributed by atoms with Crippen LogP contribution in [-0.2, 0) is 13.1 Å². The molecule has 1 aliphatic carbocycles. The number of rotatable bonds is 6. The van der Waals surface area contributed by atoms with Gasteiger partial charge in [0.05, 0.1) is 12.2 Å². The van der Waals surface area contributed by atoms with Crippen LogP contribution in [0.25, 0.3) is 0 Å². The Labute approximate surface area is 135 Å². The molecule has 3 heterocycles. The first-order valence-corrected chi connectivity index (χ1v) is 8.34. The van der Waals surface area contributed by atoms with E-state index in [1.807, 2.05) is 13.0 Å². The van der Waals surface area contributed by atoms with Crippen molar-refractivity contribution in [2.45, 2.75) is 51.2 Å². The molecule has 0 N–H and O–H groups in total. The Kier molecular flexibility index (Phi) is 3.90. The Morgan fingerprint density at radius 1 is 1.26 bits per heavy atom. The number of hydrogen-bond acceptors (Lipinski definition) is 7. The van der Waals surface area contributed by atoms with Crippen molar-refractivity contribution in [2.24, 2.45) is 0 Å². The van der Waals surface area contributed by atoms with Crippen LogP contribution in [0.1, 0.15) is 48.3 Å². The molecular weight excluding hydrogens is 294 g/mol. The van der Waals surface area contributed by atoms with Crippen LogP contribution in [0.15, 0.2) is 15.1 Å². The molecule has 7 heteroatoms. The van der Waals surface area contributed by atoms with Crippen molar-refractivity contribution in [2.75, 3.05) is 20.1 Å². The van der Waals surface area contributed by atoms with E-state index >= 15 is 0 Å². The molecule has 1 aliphatic heterocycles. The van der Waals surface area contributed by atoms with Crippen LogP contribution in [0.5, 0.6) is 0 Å². The van der Waals surface area contributed by atoms with Gasteiger partial charge < -0.3 is 9.05 Å². The molecule has 0 unspecified atom stereocenters. The van der Waals surface area contributed by atoms with Crippen molar-refractivity contribution in [1.82, 2.24) is 25.1 Å². The fourth-order valence-electron chi connectivity index (χ4n) is 3.22. The molecule has 0 amide bonds. The van der Waals surface area contributed by atoms with Crippen LogP contribution in [0, 0.1) is 6.92 Å². The Hall–Kier alpha value is -1.73. The molecule has 2 fully saturated rings. The summed E-state index contributed by atoms with van der Waals surface area (Å²) >= 11 is 0. The number of nitrogens with zero attached hydrogens (tertiary/aromatic N) is 5. The van der Waals surface area contributed by atoms with Crippen molar-refractivity contribution in [3.63, 3.8) is 0 Å². The lowest BCUT2D eigenvalue weighted by Crippen LogP contribution is -2.34. The second kappa shape index (κ2) is 6.05. The van der Waals surface area contributed by atoms with E-state index in [4.69, 9.17) is 9.05 Å². The van der Waals surface area contributed by atoms with E-state index in [9.17, 15) is 0 Å². The molecule has 2 aliphatic rings. The van der Waals surface area contributed by atoms with Crippen LogP contribution >= 0.6 is 0 Å². The van der Waals surface area contributed by atoms with Crippen LogP contribution < -0.4 is 0 Å². The van der Waals surface area contributed by atoms with Gasteiger partial charge in [0, 0.05) is 37.7 Å². The lowest BCUT2D eigenvalue weighted by Gasteiger charge is -2.23. The average molecular weight is 317 g/mol. The molecule has 0 spiro atoms. The number of hydrogen-bond donors (Lipinski definition) is 0. The fraction of sp³-hybridized carbons (Fsp3) is 0.688. The molecular formula is C16H23N5O2. The van der Waals surface area contributed by atoms with Crippen molar-refractivity contribution in [3.8, 4) is 0 Å². The van der Waals surface area contributed by atoms with Gasteiger partial charge in [-0.1, -0.05) is 10.3 Å². The Morgan fingerprint density at radius 3 is 2.87 bits per heavy atom. The van der Waals surface area contributed by atoms with Gasteiger partial charge in [0.2, 0.25) is 5.89 Å². The molecule has 1 atom stereocenters. The molecule has 124 valence electrons. The van der Waals surface area contributed by atoms with Crippen LogP contribution in [-0.4, -0.2) is 51.3 Å². The Morgan fingerprint density at radius 2 is 2.13 bits per heavy atom. The fourth-order valence-corrected chi connectivity index (χ4v) is 3.22. The van der Waals surface area contributed by atoms with Gasteiger partial charge in [-0.2, -0.15) is 4.98 Å². The topological polar surface area (TPSA) is 71.4 Å². The van der Waals surface area contributed by atoms with Gasteiger partial charge in [0.15, 0.2) is 5.82 Å². The van der Waals surface area contributed by atoms with E-state index in [1.165, 1.54) is 12.8 Å². The van der Waals surface area contributed by atoms with E-state index in [0.29, 0.717) is 12.0 Å². The first kappa shape index (κ1) is 14.8. The van der Waals surface area contributed by atoms with Crippen molar-refractivity contribution < 1.29 is 9.05 Å². The molecule has 0 radical (unpaired) electrons. The maximum absolute atomic E-state index is 5.34. The van der Waals surface area contributed by atoms with Crippen LogP contribution in [0.2, 0.25) is 0 Å². The number of likely N-dealkylation sites (tertiary alicyclic amines) is 1. The summed E-state index contributed by atoms with van der Waals surface area (Å²) in [6.45, 7) is 5.65. The SMILES string of the molecule is Cc1cc(CN2CC[C@@H](N(C)Cc3noc(C4CC4)n3)C2)no1. The molecule has 7 nitrogen and oxygen atoms in total. The molecule has 4 rings (SSSR count). The predicted octanol–water partition coefficient (Wildman–Crippen LogP) is 1.95. The summed E-state index contributed by atoms with van der Waals surface area (Å²) in [6, 6.07) is 2.53. The van der Waals surface area contributed by atoms with Crippen molar-refractivity contribution in [3.05, 3.63) is 29.2 Å². The average Bonchev–Trinajstić information content (AvgIpc) is 2.93. The summed E-state index contributed by atoms with van der Waals surface area (Å²) in [5, 5.41) is 8.19. The molecule has 2 aromatic heterocycles. The van der Waals surface area contributed by atoms with Gasteiger partial charge in [0.25, 0.3) is 0 Å². The van der Waals surface area contributed by atoms with Crippen molar-refractivity contribution in [1.29, 1.82) is 0 Å². The Balaban J connectivity index is 1.29. The van der Waals surface area contributed by atoms with E-state index in [0.717, 1.165) is 55.8 Å². The summed E-state index contributed by atoms with van der Waals surface area (Å²) in [5.74, 6) is 3.02. The zero-order valence-electron chi connectivity index (χ0n) is 13.7. The minimum atomic E-state index is 0.519. The van der Waals surface area contributed by atoms with Crippen LogP contribution in [0.3, 0.4) is 0 Å². The normalized spacial score (nSPS) is 22.3. The highest BCUT2D eigenvalue weighted by atomic mass is 16.5. The molecule has 1 saturated heterocycles. The lowest BCUT2D eigenvalue weighted by molar-refractivity contribution is 0.214. The quantitative estimate of drug-likeness (QED) is 0.806. The first-order valence-electron chi connectivity index (χ1n) is 8.34. The second-order valence-corrected chi connectivity index (χ2v) is 6.84. The van der Waals surface area contributed by atoms with E-state index in [2.05, 4.69) is 32.1 Å². The smallest absolute Gasteiger partial charge is 0.229 e. The largest absolute Gasteiger partial charge is 0.361 e. The highest BCUT2D eigenvalue weighted by molar-refractivity contribution is 5.04. The van der Waals surface area contributed by atoms with E-state index in [-0.39, 0.29) is 0 Å². The highest BCUT2D eigenvalue weighted by Gasteiger charge is 2.31.